The van der Waals surface area contributed by atoms with Crippen molar-refractivity contribution in [2.24, 2.45) is 5.92 Å². The molecule has 1 heterocycles. The van der Waals surface area contributed by atoms with E-state index in [0.29, 0.717) is 32.4 Å². The van der Waals surface area contributed by atoms with Gasteiger partial charge in [-0.2, -0.15) is 0 Å². The quantitative estimate of drug-likeness (QED) is 0.728. The van der Waals surface area contributed by atoms with Crippen LogP contribution in [-0.4, -0.2) is 61.0 Å². The van der Waals surface area contributed by atoms with Gasteiger partial charge in [0.1, 0.15) is 0 Å². The van der Waals surface area contributed by atoms with E-state index >= 15 is 0 Å². The average Bonchev–Trinajstić information content (AvgIpc) is 2.54. The molecule has 1 saturated carbocycles. The molecule has 1 aliphatic carbocycles. The van der Waals surface area contributed by atoms with Crippen LogP contribution in [0.4, 0.5) is 0 Å². The van der Waals surface area contributed by atoms with E-state index in [1.165, 1.54) is 19.3 Å². The van der Waals surface area contributed by atoms with Gasteiger partial charge in [0, 0.05) is 13.1 Å². The molecule has 2 fully saturated rings. The predicted octanol–water partition coefficient (Wildman–Crippen LogP) is 1.97. The van der Waals surface area contributed by atoms with E-state index in [4.69, 9.17) is 9.47 Å². The highest BCUT2D eigenvalue weighted by atomic mass is 16.5. The number of β-amino-alcohol motifs (C(OH)–C–C–N with tert-alkyl or cyclic N) is 1. The topological polar surface area (TPSA) is 59.0 Å². The molecule has 22 heavy (non-hydrogen) atoms. The highest BCUT2D eigenvalue weighted by molar-refractivity contribution is 5.72. The van der Waals surface area contributed by atoms with E-state index in [-0.39, 0.29) is 11.9 Å². The van der Waals surface area contributed by atoms with Crippen LogP contribution < -0.4 is 0 Å². The molecule has 128 valence electrons. The fraction of sp³-hybridized carbons (Fsp3) is 0.941. The maximum atomic E-state index is 11.8. The maximum absolute atomic E-state index is 11.8. The number of hydrogen-bond acceptors (Lipinski definition) is 5. The molecule has 1 saturated heterocycles. The number of aliphatic hydroxyl groups is 1. The Bertz CT molecular complexity index is 331. The van der Waals surface area contributed by atoms with Crippen molar-refractivity contribution < 1.29 is 19.4 Å². The largest absolute Gasteiger partial charge is 0.466 e. The Kier molecular flexibility index (Phi) is 7.63. The van der Waals surface area contributed by atoms with Crippen LogP contribution in [0.25, 0.3) is 0 Å². The summed E-state index contributed by atoms with van der Waals surface area (Å²) < 4.78 is 10.9. The van der Waals surface area contributed by atoms with E-state index in [9.17, 15) is 9.90 Å². The van der Waals surface area contributed by atoms with Crippen LogP contribution in [0.15, 0.2) is 0 Å². The van der Waals surface area contributed by atoms with Gasteiger partial charge in [0.2, 0.25) is 0 Å². The Morgan fingerprint density at radius 2 is 2.00 bits per heavy atom. The molecule has 0 aromatic carbocycles. The number of carbonyl (C=O) groups is 1. The van der Waals surface area contributed by atoms with Crippen molar-refractivity contribution in [2.75, 3.05) is 32.8 Å². The van der Waals surface area contributed by atoms with Crippen molar-refractivity contribution in [3.8, 4) is 0 Å². The Morgan fingerprint density at radius 3 is 2.73 bits per heavy atom. The zero-order valence-corrected chi connectivity index (χ0v) is 13.8. The van der Waals surface area contributed by atoms with Gasteiger partial charge >= 0.3 is 5.97 Å². The Balaban J connectivity index is 1.66. The van der Waals surface area contributed by atoms with Crippen molar-refractivity contribution in [3.63, 3.8) is 0 Å². The van der Waals surface area contributed by atoms with E-state index in [1.807, 2.05) is 6.92 Å². The van der Waals surface area contributed by atoms with Crippen molar-refractivity contribution >= 4 is 5.97 Å². The summed E-state index contributed by atoms with van der Waals surface area (Å²) in [7, 11) is 0. The first kappa shape index (κ1) is 17.7. The molecule has 0 unspecified atom stereocenters. The third-order valence-corrected chi connectivity index (χ3v) is 4.67. The molecule has 0 aromatic rings. The van der Waals surface area contributed by atoms with Crippen molar-refractivity contribution in [3.05, 3.63) is 0 Å². The smallest absolute Gasteiger partial charge is 0.310 e. The van der Waals surface area contributed by atoms with Gasteiger partial charge in [-0.15, -0.1) is 0 Å². The van der Waals surface area contributed by atoms with Crippen LogP contribution in [0.3, 0.4) is 0 Å². The standard InChI is InChI=1S/C17H31NO4/c1-2-21-17(20)14-7-6-10-18(11-14)12-15(19)13-22-16-8-4-3-5-9-16/h14-16,19H,2-13H2,1H3/t14-,15-/m1/s1. The summed E-state index contributed by atoms with van der Waals surface area (Å²) in [5.74, 6) is -0.139. The first-order chi connectivity index (χ1) is 10.7. The maximum Gasteiger partial charge on any atom is 0.310 e. The third kappa shape index (κ3) is 5.86. The summed E-state index contributed by atoms with van der Waals surface area (Å²) in [5.41, 5.74) is 0. The number of carbonyl (C=O) groups excluding carboxylic acids is 1. The zero-order valence-electron chi connectivity index (χ0n) is 13.8. The zero-order chi connectivity index (χ0) is 15.8. The van der Waals surface area contributed by atoms with Crippen LogP contribution >= 0.6 is 0 Å². The number of hydrogen-bond donors (Lipinski definition) is 1. The fourth-order valence-electron chi connectivity index (χ4n) is 3.50. The number of piperidine rings is 1. The summed E-state index contributed by atoms with van der Waals surface area (Å²) >= 11 is 0. The van der Waals surface area contributed by atoms with Crippen LogP contribution in [0.1, 0.15) is 51.9 Å². The van der Waals surface area contributed by atoms with E-state index in [0.717, 1.165) is 32.2 Å². The monoisotopic (exact) mass is 313 g/mol. The summed E-state index contributed by atoms with van der Waals surface area (Å²) in [4.78, 5) is 14.0. The average molecular weight is 313 g/mol. The highest BCUT2D eigenvalue weighted by Gasteiger charge is 2.28. The Labute approximate surface area is 134 Å². The summed E-state index contributed by atoms with van der Waals surface area (Å²) in [6, 6.07) is 0. The molecule has 5 nitrogen and oxygen atoms in total. The second-order valence-electron chi connectivity index (χ2n) is 6.60. The SMILES string of the molecule is CCOC(=O)[C@@H]1CCCN(C[C@@H](O)COC2CCCCC2)C1. The number of nitrogens with zero attached hydrogens (tertiary/aromatic N) is 1. The first-order valence-corrected chi connectivity index (χ1v) is 8.87. The normalized spacial score (nSPS) is 25.8. The molecule has 2 aliphatic rings. The molecule has 5 heteroatoms. The van der Waals surface area contributed by atoms with Gasteiger partial charge in [-0.25, -0.2) is 0 Å². The van der Waals surface area contributed by atoms with Gasteiger partial charge in [-0.05, 0) is 39.2 Å². The van der Waals surface area contributed by atoms with Crippen molar-refractivity contribution in [1.29, 1.82) is 0 Å². The number of likely N-dealkylation sites (tertiary alicyclic amines) is 1. The number of ether oxygens (including phenoxy) is 2. The lowest BCUT2D eigenvalue weighted by atomic mass is 9.97. The van der Waals surface area contributed by atoms with E-state index < -0.39 is 6.10 Å². The van der Waals surface area contributed by atoms with Gasteiger partial charge in [-0.1, -0.05) is 19.3 Å². The Hall–Kier alpha value is -0.650. The molecule has 0 spiro atoms. The number of esters is 1. The molecule has 2 rings (SSSR count). The van der Waals surface area contributed by atoms with Crippen molar-refractivity contribution in [1.82, 2.24) is 4.90 Å². The molecule has 0 aromatic heterocycles. The third-order valence-electron chi connectivity index (χ3n) is 4.67. The Morgan fingerprint density at radius 1 is 1.23 bits per heavy atom. The van der Waals surface area contributed by atoms with Crippen LogP contribution in [0.2, 0.25) is 0 Å². The van der Waals surface area contributed by atoms with Crippen LogP contribution in [0, 0.1) is 5.92 Å². The van der Waals surface area contributed by atoms with Crippen LogP contribution in [0.5, 0.6) is 0 Å². The molecular weight excluding hydrogens is 282 g/mol. The second kappa shape index (κ2) is 9.48. The van der Waals surface area contributed by atoms with Gasteiger partial charge in [0.05, 0.1) is 31.3 Å². The van der Waals surface area contributed by atoms with E-state index in [1.54, 1.807) is 0 Å². The minimum absolute atomic E-state index is 0.0415. The molecule has 0 bridgehead atoms. The van der Waals surface area contributed by atoms with Gasteiger partial charge in [0.25, 0.3) is 0 Å². The minimum atomic E-state index is -0.470. The predicted molar refractivity (Wildman–Crippen MR) is 84.6 cm³/mol. The second-order valence-corrected chi connectivity index (χ2v) is 6.60. The molecule has 0 amide bonds. The molecule has 1 N–H and O–H groups in total. The molecule has 0 radical (unpaired) electrons. The lowest BCUT2D eigenvalue weighted by molar-refractivity contribution is -0.150. The number of aliphatic hydroxyl groups excluding tert-OH is 1. The first-order valence-electron chi connectivity index (χ1n) is 8.87. The lowest BCUT2D eigenvalue weighted by Crippen LogP contribution is -2.44. The number of rotatable bonds is 7. The molecule has 2 atom stereocenters. The van der Waals surface area contributed by atoms with Gasteiger partial charge in [0.15, 0.2) is 0 Å². The highest BCUT2D eigenvalue weighted by Crippen LogP contribution is 2.21. The fourth-order valence-corrected chi connectivity index (χ4v) is 3.50. The summed E-state index contributed by atoms with van der Waals surface area (Å²) in [6.07, 6.45) is 7.79. The minimum Gasteiger partial charge on any atom is -0.466 e. The van der Waals surface area contributed by atoms with Crippen LogP contribution in [-0.2, 0) is 14.3 Å². The van der Waals surface area contributed by atoms with Crippen molar-refractivity contribution in [2.45, 2.75) is 64.1 Å². The summed E-state index contributed by atoms with van der Waals surface area (Å²) in [6.45, 7) is 4.90. The van der Waals surface area contributed by atoms with Gasteiger partial charge in [-0.3, -0.25) is 9.69 Å². The van der Waals surface area contributed by atoms with E-state index in [2.05, 4.69) is 4.90 Å². The molecule has 1 aliphatic heterocycles. The summed E-state index contributed by atoms with van der Waals surface area (Å²) in [5, 5.41) is 10.2. The van der Waals surface area contributed by atoms with Gasteiger partial charge < -0.3 is 14.6 Å². The molecular formula is C17H31NO4. The lowest BCUT2D eigenvalue weighted by Gasteiger charge is -2.33.